The van der Waals surface area contributed by atoms with Crippen molar-refractivity contribution in [1.29, 1.82) is 0 Å². The molecule has 4 rings (SSSR count). The van der Waals surface area contributed by atoms with Crippen LogP contribution in [0.5, 0.6) is 0 Å². The number of pyridine rings is 2. The standard InChI is InChI=1S/C20H16N2S4/c1(15-5-9-21-10-6-15)3-17-13-23-19(25-17)20-24-14-18(26-20)4-2-16-7-11-22-12-8-16/h1-13,18H,14H2/b3-1+,4-2+,20-19-. The molecule has 2 aliphatic heterocycles. The monoisotopic (exact) mass is 412 g/mol. The van der Waals surface area contributed by atoms with Crippen molar-refractivity contribution in [3.63, 3.8) is 0 Å². The van der Waals surface area contributed by atoms with Gasteiger partial charge in [-0.2, -0.15) is 0 Å². The van der Waals surface area contributed by atoms with Crippen molar-refractivity contribution in [3.05, 3.63) is 91.1 Å². The molecule has 0 spiro atoms. The Morgan fingerprint density at radius 1 is 0.846 bits per heavy atom. The fourth-order valence-electron chi connectivity index (χ4n) is 2.34. The summed E-state index contributed by atoms with van der Waals surface area (Å²) in [6.07, 6.45) is 16.2. The molecule has 0 aliphatic carbocycles. The van der Waals surface area contributed by atoms with Gasteiger partial charge in [0.2, 0.25) is 0 Å². The first-order valence-corrected chi connectivity index (χ1v) is 11.7. The lowest BCUT2D eigenvalue weighted by Gasteiger charge is -2.02. The van der Waals surface area contributed by atoms with Crippen molar-refractivity contribution in [3.8, 4) is 0 Å². The topological polar surface area (TPSA) is 25.8 Å². The number of nitrogens with zero attached hydrogens (tertiary/aromatic N) is 2. The summed E-state index contributed by atoms with van der Waals surface area (Å²) in [6.45, 7) is 0. The van der Waals surface area contributed by atoms with Gasteiger partial charge in [-0.25, -0.2) is 0 Å². The van der Waals surface area contributed by atoms with Gasteiger partial charge in [0.1, 0.15) is 0 Å². The molecule has 2 aromatic heterocycles. The molecule has 1 unspecified atom stereocenters. The largest absolute Gasteiger partial charge is 0.265 e. The first-order valence-electron chi connectivity index (χ1n) is 8.11. The van der Waals surface area contributed by atoms with Crippen LogP contribution in [0, 0.1) is 0 Å². The number of thioether (sulfide) groups is 4. The second-order valence-electron chi connectivity index (χ2n) is 5.54. The van der Waals surface area contributed by atoms with E-state index in [1.165, 1.54) is 24.5 Å². The SMILES string of the molecule is C1=C(/C=C/c2ccncc2)S/C(=C2/SCC(/C=C/c3ccncc3)S2)S1. The van der Waals surface area contributed by atoms with E-state index in [1.807, 2.05) is 96.1 Å². The van der Waals surface area contributed by atoms with Crippen molar-refractivity contribution >= 4 is 59.2 Å². The van der Waals surface area contributed by atoms with E-state index in [0.717, 1.165) is 5.75 Å². The molecule has 2 nitrogen and oxygen atoms in total. The summed E-state index contributed by atoms with van der Waals surface area (Å²) in [4.78, 5) is 9.41. The number of rotatable bonds is 4. The van der Waals surface area contributed by atoms with Crippen LogP contribution in [0.25, 0.3) is 12.2 Å². The minimum atomic E-state index is 0.535. The maximum atomic E-state index is 4.06. The fraction of sp³-hybridized carbons (Fsp3) is 0.100. The predicted octanol–water partition coefficient (Wildman–Crippen LogP) is 6.50. The molecule has 0 aromatic carbocycles. The fourth-order valence-corrected chi connectivity index (χ4v) is 7.71. The molecule has 0 N–H and O–H groups in total. The number of hydrogen-bond acceptors (Lipinski definition) is 6. The van der Waals surface area contributed by atoms with Crippen LogP contribution in [0.2, 0.25) is 0 Å². The molecule has 1 atom stereocenters. The lowest BCUT2D eigenvalue weighted by atomic mass is 10.2. The first-order chi connectivity index (χ1) is 12.9. The van der Waals surface area contributed by atoms with Crippen LogP contribution >= 0.6 is 47.0 Å². The van der Waals surface area contributed by atoms with Gasteiger partial charge in [0.15, 0.2) is 0 Å². The maximum absolute atomic E-state index is 4.06. The quantitative estimate of drug-likeness (QED) is 0.568. The maximum Gasteiger partial charge on any atom is 0.0693 e. The highest BCUT2D eigenvalue weighted by molar-refractivity contribution is 8.32. The van der Waals surface area contributed by atoms with Gasteiger partial charge in [0, 0.05) is 40.7 Å². The summed E-state index contributed by atoms with van der Waals surface area (Å²) in [5.74, 6) is 1.13. The van der Waals surface area contributed by atoms with Crippen LogP contribution in [0.3, 0.4) is 0 Å². The summed E-state index contributed by atoms with van der Waals surface area (Å²) < 4.78 is 2.86. The van der Waals surface area contributed by atoms with Gasteiger partial charge in [-0.05, 0) is 46.9 Å². The van der Waals surface area contributed by atoms with E-state index in [-0.39, 0.29) is 0 Å². The molecule has 1 fully saturated rings. The van der Waals surface area contributed by atoms with E-state index < -0.39 is 0 Å². The van der Waals surface area contributed by atoms with E-state index in [4.69, 9.17) is 0 Å². The van der Waals surface area contributed by atoms with Crippen LogP contribution in [0.1, 0.15) is 11.1 Å². The third-order valence-corrected chi connectivity index (χ3v) is 9.42. The second-order valence-corrected chi connectivity index (χ2v) is 10.3. The summed E-state index contributed by atoms with van der Waals surface area (Å²) in [5.41, 5.74) is 2.39. The lowest BCUT2D eigenvalue weighted by Crippen LogP contribution is -1.93. The Bertz CT molecular complexity index is 873. The molecule has 0 bridgehead atoms. The number of aromatic nitrogens is 2. The lowest BCUT2D eigenvalue weighted by molar-refractivity contribution is 1.29. The van der Waals surface area contributed by atoms with Gasteiger partial charge >= 0.3 is 0 Å². The molecule has 2 aliphatic rings. The highest BCUT2D eigenvalue weighted by Crippen LogP contribution is 2.55. The van der Waals surface area contributed by atoms with Crippen molar-refractivity contribution in [2.75, 3.05) is 5.75 Å². The zero-order chi connectivity index (χ0) is 17.6. The molecule has 4 heterocycles. The first kappa shape index (κ1) is 18.0. The van der Waals surface area contributed by atoms with Gasteiger partial charge in [0.25, 0.3) is 0 Å². The Morgan fingerprint density at radius 2 is 1.54 bits per heavy atom. The number of allylic oxidation sites excluding steroid dienone is 1. The van der Waals surface area contributed by atoms with Gasteiger partial charge < -0.3 is 0 Å². The van der Waals surface area contributed by atoms with Crippen LogP contribution < -0.4 is 0 Å². The Kier molecular flexibility index (Phi) is 6.27. The van der Waals surface area contributed by atoms with E-state index in [0.29, 0.717) is 5.25 Å². The van der Waals surface area contributed by atoms with E-state index >= 15 is 0 Å². The molecule has 1 saturated heterocycles. The Morgan fingerprint density at radius 3 is 2.27 bits per heavy atom. The Labute approximate surface area is 170 Å². The van der Waals surface area contributed by atoms with Gasteiger partial charge in [0.05, 0.1) is 8.47 Å². The third kappa shape index (κ3) is 4.88. The summed E-state index contributed by atoms with van der Waals surface area (Å²) >= 11 is 7.66. The summed E-state index contributed by atoms with van der Waals surface area (Å²) in [5, 5.41) is 2.78. The Balaban J connectivity index is 1.35. The highest BCUT2D eigenvalue weighted by Gasteiger charge is 2.24. The molecule has 0 amide bonds. The van der Waals surface area contributed by atoms with Crippen molar-refractivity contribution < 1.29 is 0 Å². The molecule has 2 aromatic rings. The van der Waals surface area contributed by atoms with Crippen LogP contribution in [-0.2, 0) is 0 Å². The molecular formula is C20H16N2S4. The summed E-state index contributed by atoms with van der Waals surface area (Å²) in [6, 6.07) is 8.12. The third-order valence-electron chi connectivity index (χ3n) is 3.65. The summed E-state index contributed by atoms with van der Waals surface area (Å²) in [7, 11) is 0. The zero-order valence-electron chi connectivity index (χ0n) is 13.8. The van der Waals surface area contributed by atoms with Crippen LogP contribution in [0.15, 0.2) is 80.0 Å². The van der Waals surface area contributed by atoms with Crippen molar-refractivity contribution in [1.82, 2.24) is 9.97 Å². The zero-order valence-corrected chi connectivity index (χ0v) is 17.1. The molecular weight excluding hydrogens is 397 g/mol. The van der Waals surface area contributed by atoms with Gasteiger partial charge in [-0.15, -0.1) is 23.5 Å². The highest BCUT2D eigenvalue weighted by atomic mass is 32.2. The molecule has 0 radical (unpaired) electrons. The normalized spacial score (nSPS) is 23.2. The van der Waals surface area contributed by atoms with Gasteiger partial charge in [-0.1, -0.05) is 41.8 Å². The van der Waals surface area contributed by atoms with E-state index in [1.54, 1.807) is 0 Å². The smallest absolute Gasteiger partial charge is 0.0693 e. The van der Waals surface area contributed by atoms with Crippen molar-refractivity contribution in [2.24, 2.45) is 0 Å². The molecule has 26 heavy (non-hydrogen) atoms. The molecule has 6 heteroatoms. The average molecular weight is 413 g/mol. The van der Waals surface area contributed by atoms with E-state index in [9.17, 15) is 0 Å². The predicted molar refractivity (Wildman–Crippen MR) is 121 cm³/mol. The second kappa shape index (κ2) is 9.04. The van der Waals surface area contributed by atoms with E-state index in [2.05, 4.69) is 39.7 Å². The van der Waals surface area contributed by atoms with Gasteiger partial charge in [-0.3, -0.25) is 9.97 Å². The number of hydrogen-bond donors (Lipinski definition) is 0. The minimum Gasteiger partial charge on any atom is -0.265 e. The molecule has 130 valence electrons. The van der Waals surface area contributed by atoms with Crippen molar-refractivity contribution in [2.45, 2.75) is 5.25 Å². The Hall–Kier alpha value is -1.34. The minimum absolute atomic E-state index is 0.535. The average Bonchev–Trinajstić information content (AvgIpc) is 3.36. The van der Waals surface area contributed by atoms with Crippen LogP contribution in [-0.4, -0.2) is 21.0 Å². The van der Waals surface area contributed by atoms with Crippen LogP contribution in [0.4, 0.5) is 0 Å². The molecule has 0 saturated carbocycles.